The highest BCUT2D eigenvalue weighted by Gasteiger charge is 2.16. The van der Waals surface area contributed by atoms with Gasteiger partial charge in [0, 0.05) is 10.7 Å². The fourth-order valence-electron chi connectivity index (χ4n) is 3.46. The molecule has 0 bridgehead atoms. The summed E-state index contributed by atoms with van der Waals surface area (Å²) in [4.78, 5) is 38.9. The summed E-state index contributed by atoms with van der Waals surface area (Å²) in [6.45, 7) is 1.80. The summed E-state index contributed by atoms with van der Waals surface area (Å²) in [6, 6.07) is 21.2. The third kappa shape index (κ3) is 4.44. The molecule has 7 heteroatoms. The molecule has 1 aromatic heterocycles. The number of hydrogen-bond donors (Lipinski definition) is 1. The van der Waals surface area contributed by atoms with Gasteiger partial charge in [-0.3, -0.25) is 18.7 Å². The molecule has 0 saturated heterocycles. The lowest BCUT2D eigenvalue weighted by Gasteiger charge is -2.14. The lowest BCUT2D eigenvalue weighted by molar-refractivity contribution is -0.116. The van der Waals surface area contributed by atoms with Crippen LogP contribution in [0.25, 0.3) is 10.9 Å². The number of hydrogen-bond acceptors (Lipinski definition) is 3. The van der Waals surface area contributed by atoms with Crippen molar-refractivity contribution in [2.45, 2.75) is 20.0 Å². The van der Waals surface area contributed by atoms with Gasteiger partial charge in [-0.1, -0.05) is 53.6 Å². The zero-order valence-corrected chi connectivity index (χ0v) is 17.6. The number of fused-ring (bicyclic) bond motifs is 1. The first-order valence-electron chi connectivity index (χ1n) is 9.76. The fourth-order valence-corrected chi connectivity index (χ4v) is 3.67. The standard InChI is InChI=1S/C24H20ClN3O3/c1-16-9-11-19(12-10-16)26-22(29)15-27-21-8-3-2-7-20(21)23(30)28(24(27)31)14-17-5-4-6-18(25)13-17/h2-13H,14-15H2,1H3,(H,26,29). The lowest BCUT2D eigenvalue weighted by Crippen LogP contribution is -2.42. The first-order valence-corrected chi connectivity index (χ1v) is 10.1. The fraction of sp³-hybridized carbons (Fsp3) is 0.125. The van der Waals surface area contributed by atoms with E-state index in [1.165, 1.54) is 4.57 Å². The van der Waals surface area contributed by atoms with Gasteiger partial charge in [-0.25, -0.2) is 4.79 Å². The first-order chi connectivity index (χ1) is 14.9. The molecule has 0 atom stereocenters. The highest BCUT2D eigenvalue weighted by atomic mass is 35.5. The summed E-state index contributed by atoms with van der Waals surface area (Å²) in [7, 11) is 0. The third-order valence-corrected chi connectivity index (χ3v) is 5.23. The number of nitrogens with one attached hydrogen (secondary N) is 1. The number of anilines is 1. The van der Waals surface area contributed by atoms with Crippen LogP contribution in [0.4, 0.5) is 5.69 Å². The maximum Gasteiger partial charge on any atom is 0.332 e. The number of aromatic nitrogens is 2. The van der Waals surface area contributed by atoms with Crippen molar-refractivity contribution in [3.8, 4) is 0 Å². The van der Waals surface area contributed by atoms with Crippen LogP contribution in [0.1, 0.15) is 11.1 Å². The van der Waals surface area contributed by atoms with E-state index in [0.717, 1.165) is 15.7 Å². The van der Waals surface area contributed by atoms with Gasteiger partial charge in [0.2, 0.25) is 5.91 Å². The maximum absolute atomic E-state index is 13.2. The summed E-state index contributed by atoms with van der Waals surface area (Å²) < 4.78 is 2.46. The SMILES string of the molecule is Cc1ccc(NC(=O)Cn2c(=O)n(Cc3cccc(Cl)c3)c(=O)c3ccccc32)cc1. The molecule has 156 valence electrons. The normalized spacial score (nSPS) is 10.9. The second kappa shape index (κ2) is 8.62. The number of amides is 1. The number of halogens is 1. The van der Waals surface area contributed by atoms with Gasteiger partial charge in [-0.15, -0.1) is 0 Å². The Morgan fingerprint density at radius 3 is 2.42 bits per heavy atom. The van der Waals surface area contributed by atoms with E-state index in [9.17, 15) is 14.4 Å². The second-order valence-corrected chi connectivity index (χ2v) is 7.76. The van der Waals surface area contributed by atoms with Crippen molar-refractivity contribution < 1.29 is 4.79 Å². The largest absolute Gasteiger partial charge is 0.332 e. The van der Waals surface area contributed by atoms with Crippen LogP contribution in [-0.2, 0) is 17.9 Å². The molecule has 1 heterocycles. The Morgan fingerprint density at radius 2 is 1.68 bits per heavy atom. The van der Waals surface area contributed by atoms with Gasteiger partial charge in [0.25, 0.3) is 5.56 Å². The molecule has 0 spiro atoms. The topological polar surface area (TPSA) is 73.1 Å². The Kier molecular flexibility index (Phi) is 5.73. The molecule has 1 amide bonds. The molecule has 0 aliphatic heterocycles. The van der Waals surface area contributed by atoms with Gasteiger partial charge < -0.3 is 5.32 Å². The van der Waals surface area contributed by atoms with E-state index >= 15 is 0 Å². The minimum atomic E-state index is -0.553. The Bertz CT molecular complexity index is 1390. The smallest absolute Gasteiger partial charge is 0.325 e. The Hall–Kier alpha value is -3.64. The van der Waals surface area contributed by atoms with E-state index in [4.69, 9.17) is 11.6 Å². The molecule has 0 aliphatic carbocycles. The average Bonchev–Trinajstić information content (AvgIpc) is 2.76. The minimum absolute atomic E-state index is 0.0582. The zero-order chi connectivity index (χ0) is 22.0. The van der Waals surface area contributed by atoms with E-state index in [2.05, 4.69) is 5.32 Å². The Balaban J connectivity index is 1.75. The van der Waals surface area contributed by atoms with Crippen LogP contribution in [0.15, 0.2) is 82.4 Å². The van der Waals surface area contributed by atoms with Crippen molar-refractivity contribution in [3.63, 3.8) is 0 Å². The Labute approximate surface area is 183 Å². The molecule has 31 heavy (non-hydrogen) atoms. The van der Waals surface area contributed by atoms with Crippen LogP contribution in [0.5, 0.6) is 0 Å². The molecule has 0 saturated carbocycles. The highest BCUT2D eigenvalue weighted by molar-refractivity contribution is 6.30. The summed E-state index contributed by atoms with van der Waals surface area (Å²) in [5.74, 6) is -0.357. The van der Waals surface area contributed by atoms with Gasteiger partial charge >= 0.3 is 5.69 Å². The van der Waals surface area contributed by atoms with E-state index in [1.54, 1.807) is 60.7 Å². The van der Waals surface area contributed by atoms with Crippen molar-refractivity contribution in [1.82, 2.24) is 9.13 Å². The zero-order valence-electron chi connectivity index (χ0n) is 16.8. The molecule has 3 aromatic carbocycles. The van der Waals surface area contributed by atoms with Gasteiger partial charge in [0.1, 0.15) is 6.54 Å². The summed E-state index contributed by atoms with van der Waals surface area (Å²) >= 11 is 6.05. The molecule has 4 rings (SSSR count). The van der Waals surface area contributed by atoms with Gasteiger partial charge in [-0.2, -0.15) is 0 Å². The van der Waals surface area contributed by atoms with E-state index < -0.39 is 11.2 Å². The summed E-state index contributed by atoms with van der Waals surface area (Å²) in [6.07, 6.45) is 0. The van der Waals surface area contributed by atoms with Crippen molar-refractivity contribution >= 4 is 34.1 Å². The van der Waals surface area contributed by atoms with Crippen LogP contribution in [0, 0.1) is 6.92 Å². The molecule has 1 N–H and O–H groups in total. The molecule has 4 aromatic rings. The number of benzene rings is 3. The second-order valence-electron chi connectivity index (χ2n) is 7.32. The molecular weight excluding hydrogens is 414 g/mol. The Morgan fingerprint density at radius 1 is 0.935 bits per heavy atom. The molecule has 0 radical (unpaired) electrons. The van der Waals surface area contributed by atoms with Crippen LogP contribution >= 0.6 is 11.6 Å². The number of para-hydroxylation sites is 1. The first kappa shape index (κ1) is 20.6. The maximum atomic E-state index is 13.2. The monoisotopic (exact) mass is 433 g/mol. The van der Waals surface area contributed by atoms with E-state index in [0.29, 0.717) is 21.6 Å². The van der Waals surface area contributed by atoms with Crippen LogP contribution in [-0.4, -0.2) is 15.0 Å². The van der Waals surface area contributed by atoms with Gasteiger partial charge in [0.05, 0.1) is 17.4 Å². The molecule has 6 nitrogen and oxygen atoms in total. The number of rotatable bonds is 5. The van der Waals surface area contributed by atoms with Gasteiger partial charge in [0.15, 0.2) is 0 Å². The predicted octanol–water partition coefficient (Wildman–Crippen LogP) is 3.81. The van der Waals surface area contributed by atoms with Crippen LogP contribution in [0.3, 0.4) is 0 Å². The van der Waals surface area contributed by atoms with E-state index in [-0.39, 0.29) is 19.0 Å². The average molecular weight is 434 g/mol. The number of carbonyl (C=O) groups is 1. The van der Waals surface area contributed by atoms with E-state index in [1.807, 2.05) is 19.1 Å². The molecule has 0 unspecified atom stereocenters. The van der Waals surface area contributed by atoms with Crippen molar-refractivity contribution in [2.24, 2.45) is 0 Å². The van der Waals surface area contributed by atoms with Crippen molar-refractivity contribution in [3.05, 3.63) is 110 Å². The highest BCUT2D eigenvalue weighted by Crippen LogP contribution is 2.13. The van der Waals surface area contributed by atoms with Crippen molar-refractivity contribution in [2.75, 3.05) is 5.32 Å². The molecule has 0 fully saturated rings. The third-order valence-electron chi connectivity index (χ3n) is 5.00. The molecular formula is C24H20ClN3O3. The van der Waals surface area contributed by atoms with Crippen LogP contribution < -0.4 is 16.6 Å². The quantitative estimate of drug-likeness (QED) is 0.520. The molecule has 0 aliphatic rings. The van der Waals surface area contributed by atoms with Crippen LogP contribution in [0.2, 0.25) is 5.02 Å². The summed E-state index contributed by atoms with van der Waals surface area (Å²) in [5.41, 5.74) is 1.89. The number of nitrogens with zero attached hydrogens (tertiary/aromatic N) is 2. The van der Waals surface area contributed by atoms with Crippen molar-refractivity contribution in [1.29, 1.82) is 0 Å². The van der Waals surface area contributed by atoms with Gasteiger partial charge in [-0.05, 0) is 48.9 Å². The lowest BCUT2D eigenvalue weighted by atomic mass is 10.2. The summed E-state index contributed by atoms with van der Waals surface area (Å²) in [5, 5.41) is 3.68. The number of aryl methyl sites for hydroxylation is 1. The number of carbonyl (C=O) groups excluding carboxylic acids is 1. The minimum Gasteiger partial charge on any atom is -0.325 e. The predicted molar refractivity (Wildman–Crippen MR) is 123 cm³/mol.